The molecule has 18 heavy (non-hydrogen) atoms. The van der Waals surface area contributed by atoms with Gasteiger partial charge < -0.3 is 10.5 Å². The second-order valence-corrected chi connectivity index (χ2v) is 4.75. The first kappa shape index (κ1) is 13.1. The first-order valence-corrected chi connectivity index (χ1v) is 6.16. The van der Waals surface area contributed by atoms with Gasteiger partial charge in [0.25, 0.3) is 0 Å². The Morgan fingerprint density at radius 3 is 2.56 bits per heavy atom. The molecule has 0 radical (unpaired) electrons. The zero-order valence-corrected chi connectivity index (χ0v) is 11.4. The zero-order chi connectivity index (χ0) is 13.1. The molecule has 1 heterocycles. The maximum absolute atomic E-state index is 6.01. The van der Waals surface area contributed by atoms with Crippen LogP contribution < -0.4 is 10.5 Å². The predicted molar refractivity (Wildman–Crippen MR) is 73.3 cm³/mol. The van der Waals surface area contributed by atoms with E-state index in [9.17, 15) is 0 Å². The molecule has 0 saturated heterocycles. The number of aryl methyl sites for hydroxylation is 1. The maximum atomic E-state index is 6.01. The van der Waals surface area contributed by atoms with Crippen LogP contribution in [0.2, 0.25) is 10.0 Å². The van der Waals surface area contributed by atoms with E-state index in [1.807, 2.05) is 13.2 Å². The molecule has 0 atom stereocenters. The lowest BCUT2D eigenvalue weighted by Crippen LogP contribution is -2.02. The third-order valence-corrected chi connectivity index (χ3v) is 2.98. The highest BCUT2D eigenvalue weighted by Gasteiger charge is 2.08. The van der Waals surface area contributed by atoms with Crippen molar-refractivity contribution in [2.24, 2.45) is 7.05 Å². The van der Waals surface area contributed by atoms with Gasteiger partial charge in [-0.3, -0.25) is 4.68 Å². The predicted octanol–water partition coefficient (Wildman–Crippen LogP) is 2.93. The van der Waals surface area contributed by atoms with E-state index in [0.717, 1.165) is 12.0 Å². The molecule has 2 N–H and O–H groups in total. The van der Waals surface area contributed by atoms with Gasteiger partial charge in [0.2, 0.25) is 0 Å². The van der Waals surface area contributed by atoms with Crippen LogP contribution in [0.5, 0.6) is 5.75 Å². The second kappa shape index (κ2) is 5.50. The number of anilines is 1. The molecule has 2 aromatic rings. The van der Waals surface area contributed by atoms with Crippen LogP contribution in [0.25, 0.3) is 0 Å². The minimum Gasteiger partial charge on any atom is -0.490 e. The molecule has 1 aromatic carbocycles. The van der Waals surface area contributed by atoms with Crippen molar-refractivity contribution in [2.75, 3.05) is 12.3 Å². The van der Waals surface area contributed by atoms with E-state index in [-0.39, 0.29) is 0 Å². The van der Waals surface area contributed by atoms with Crippen LogP contribution >= 0.6 is 23.2 Å². The third kappa shape index (κ3) is 3.09. The summed E-state index contributed by atoms with van der Waals surface area (Å²) in [6.45, 7) is 0.481. The minimum absolute atomic E-state index is 0.422. The molecule has 96 valence electrons. The van der Waals surface area contributed by atoms with E-state index < -0.39 is 0 Å². The second-order valence-electron chi connectivity index (χ2n) is 3.93. The van der Waals surface area contributed by atoms with E-state index in [1.165, 1.54) is 0 Å². The van der Waals surface area contributed by atoms with Gasteiger partial charge in [-0.15, -0.1) is 0 Å². The molecule has 0 bridgehead atoms. The fraction of sp³-hybridized carbons (Fsp3) is 0.250. The Labute approximate surface area is 115 Å². The van der Waals surface area contributed by atoms with Crippen LogP contribution in [-0.4, -0.2) is 16.4 Å². The molecule has 0 aliphatic heterocycles. The fourth-order valence-electron chi connectivity index (χ4n) is 1.59. The quantitative estimate of drug-likeness (QED) is 0.879. The topological polar surface area (TPSA) is 53.1 Å². The Kier molecular flexibility index (Phi) is 3.99. The van der Waals surface area contributed by atoms with Gasteiger partial charge in [0.15, 0.2) is 5.75 Å². The molecular weight excluding hydrogens is 273 g/mol. The molecule has 0 saturated carbocycles. The summed E-state index contributed by atoms with van der Waals surface area (Å²) in [5.41, 5.74) is 7.23. The maximum Gasteiger partial charge on any atom is 0.156 e. The number of aromatic nitrogens is 2. The summed E-state index contributed by atoms with van der Waals surface area (Å²) < 4.78 is 7.33. The summed E-state index contributed by atoms with van der Waals surface area (Å²) in [5.74, 6) is 0.469. The summed E-state index contributed by atoms with van der Waals surface area (Å²) >= 11 is 12.0. The fourth-order valence-corrected chi connectivity index (χ4v) is 2.20. The SMILES string of the molecule is Cn1cc(CCOc2c(Cl)cc(N)cc2Cl)cn1. The highest BCUT2D eigenvalue weighted by molar-refractivity contribution is 6.37. The lowest BCUT2D eigenvalue weighted by molar-refractivity contribution is 0.322. The molecule has 0 aliphatic rings. The summed E-state index contributed by atoms with van der Waals surface area (Å²) in [6, 6.07) is 3.24. The van der Waals surface area contributed by atoms with Crippen LogP contribution in [0.1, 0.15) is 5.56 Å². The standard InChI is InChI=1S/C12H13Cl2N3O/c1-17-7-8(6-16-17)2-3-18-12-10(13)4-9(15)5-11(12)14/h4-7H,2-3,15H2,1H3. The van der Waals surface area contributed by atoms with E-state index in [4.69, 9.17) is 33.7 Å². The van der Waals surface area contributed by atoms with E-state index in [0.29, 0.717) is 28.1 Å². The molecule has 1 aromatic heterocycles. The first-order valence-electron chi connectivity index (χ1n) is 5.41. The number of ether oxygens (including phenoxy) is 1. The van der Waals surface area contributed by atoms with Crippen molar-refractivity contribution in [3.63, 3.8) is 0 Å². The largest absolute Gasteiger partial charge is 0.490 e. The number of benzene rings is 1. The van der Waals surface area contributed by atoms with E-state index in [1.54, 1.807) is 23.0 Å². The highest BCUT2D eigenvalue weighted by atomic mass is 35.5. The molecule has 0 spiro atoms. The molecule has 6 heteroatoms. The Bertz CT molecular complexity index is 531. The smallest absolute Gasteiger partial charge is 0.156 e. The first-order chi connectivity index (χ1) is 8.56. The van der Waals surface area contributed by atoms with E-state index >= 15 is 0 Å². The number of hydrogen-bond donors (Lipinski definition) is 1. The van der Waals surface area contributed by atoms with Gasteiger partial charge in [-0.1, -0.05) is 23.2 Å². The van der Waals surface area contributed by atoms with E-state index in [2.05, 4.69) is 5.10 Å². The number of nitrogens with zero attached hydrogens (tertiary/aromatic N) is 2. The molecule has 2 rings (SSSR count). The molecular formula is C12H13Cl2N3O. The summed E-state index contributed by atoms with van der Waals surface area (Å²) in [5, 5.41) is 4.93. The van der Waals surface area contributed by atoms with Gasteiger partial charge in [-0.25, -0.2) is 0 Å². The average molecular weight is 286 g/mol. The zero-order valence-electron chi connectivity index (χ0n) is 9.86. The van der Waals surface area contributed by atoms with Crippen molar-refractivity contribution in [1.82, 2.24) is 9.78 Å². The normalized spacial score (nSPS) is 10.6. The van der Waals surface area contributed by atoms with Crippen molar-refractivity contribution < 1.29 is 4.74 Å². The van der Waals surface area contributed by atoms with Crippen molar-refractivity contribution in [3.05, 3.63) is 40.1 Å². The van der Waals surface area contributed by atoms with Crippen molar-refractivity contribution >= 4 is 28.9 Å². The number of hydrogen-bond acceptors (Lipinski definition) is 3. The van der Waals surface area contributed by atoms with Gasteiger partial charge in [0.05, 0.1) is 22.8 Å². The molecule has 4 nitrogen and oxygen atoms in total. The van der Waals surface area contributed by atoms with Gasteiger partial charge in [-0.2, -0.15) is 5.10 Å². The van der Waals surface area contributed by atoms with Crippen LogP contribution in [0, 0.1) is 0 Å². The monoisotopic (exact) mass is 285 g/mol. The molecule has 0 fully saturated rings. The number of nitrogens with two attached hydrogens (primary N) is 1. The van der Waals surface area contributed by atoms with Crippen molar-refractivity contribution in [1.29, 1.82) is 0 Å². The Hall–Kier alpha value is -1.39. The average Bonchev–Trinajstić information content (AvgIpc) is 2.68. The van der Waals surface area contributed by atoms with Gasteiger partial charge >= 0.3 is 0 Å². The lowest BCUT2D eigenvalue weighted by atomic mass is 10.2. The molecule has 0 unspecified atom stereocenters. The van der Waals surface area contributed by atoms with Crippen LogP contribution in [0.4, 0.5) is 5.69 Å². The number of nitrogen functional groups attached to an aromatic ring is 1. The molecule has 0 amide bonds. The summed E-state index contributed by atoms with van der Waals surface area (Å²) in [7, 11) is 1.87. The molecule has 0 aliphatic carbocycles. The van der Waals surface area contributed by atoms with Crippen LogP contribution in [-0.2, 0) is 13.5 Å². The van der Waals surface area contributed by atoms with Gasteiger partial charge in [0.1, 0.15) is 0 Å². The van der Waals surface area contributed by atoms with Crippen LogP contribution in [0.15, 0.2) is 24.5 Å². The summed E-state index contributed by atoms with van der Waals surface area (Å²) in [4.78, 5) is 0. The summed E-state index contributed by atoms with van der Waals surface area (Å²) in [6.07, 6.45) is 4.48. The number of halogens is 2. The van der Waals surface area contributed by atoms with Crippen molar-refractivity contribution in [2.45, 2.75) is 6.42 Å². The Morgan fingerprint density at radius 2 is 2.00 bits per heavy atom. The van der Waals surface area contributed by atoms with Gasteiger partial charge in [-0.05, 0) is 17.7 Å². The Balaban J connectivity index is 1.98. The van der Waals surface area contributed by atoms with Crippen LogP contribution in [0.3, 0.4) is 0 Å². The Morgan fingerprint density at radius 1 is 1.33 bits per heavy atom. The minimum atomic E-state index is 0.422. The number of rotatable bonds is 4. The lowest BCUT2D eigenvalue weighted by Gasteiger charge is -2.10. The third-order valence-electron chi connectivity index (χ3n) is 2.42. The van der Waals surface area contributed by atoms with Gasteiger partial charge in [0, 0.05) is 25.4 Å². The highest BCUT2D eigenvalue weighted by Crippen LogP contribution is 2.35. The van der Waals surface area contributed by atoms with Crippen molar-refractivity contribution in [3.8, 4) is 5.75 Å².